The Morgan fingerprint density at radius 3 is 3.00 bits per heavy atom. The minimum Gasteiger partial charge on any atom is -0.312 e. The van der Waals surface area contributed by atoms with Crippen molar-refractivity contribution in [2.75, 3.05) is 16.8 Å². The number of nitrogens with zero attached hydrogens (tertiary/aromatic N) is 3. The number of amides is 2. The molecule has 1 aliphatic carbocycles. The van der Waals surface area contributed by atoms with Gasteiger partial charge < -0.3 is 10.2 Å². The molecule has 2 aromatic rings. The standard InChI is InChI=1S/C19H22N4O2S/c1-2-4-16-21-22-19(26-16)20-18(25)14-10-17(24)23(11-14)15-8-7-12-5-3-6-13(12)9-15/h7-9,14H,2-6,10-11H2,1H3,(H,20,22,25)/t14-/m1/s1. The van der Waals surface area contributed by atoms with Gasteiger partial charge in [-0.25, -0.2) is 0 Å². The van der Waals surface area contributed by atoms with E-state index in [4.69, 9.17) is 0 Å². The van der Waals surface area contributed by atoms with Crippen LogP contribution in [0.25, 0.3) is 0 Å². The zero-order valence-electron chi connectivity index (χ0n) is 14.8. The van der Waals surface area contributed by atoms with Crippen LogP contribution < -0.4 is 10.2 Å². The predicted octanol–water partition coefficient (Wildman–Crippen LogP) is 2.97. The zero-order valence-corrected chi connectivity index (χ0v) is 15.6. The van der Waals surface area contributed by atoms with Gasteiger partial charge in [-0.1, -0.05) is 24.3 Å². The Hall–Kier alpha value is -2.28. The molecule has 136 valence electrons. The third-order valence-electron chi connectivity index (χ3n) is 5.05. The van der Waals surface area contributed by atoms with Crippen molar-refractivity contribution in [1.29, 1.82) is 0 Å². The van der Waals surface area contributed by atoms with Crippen molar-refractivity contribution in [2.24, 2.45) is 5.92 Å². The molecule has 0 spiro atoms. The first-order chi connectivity index (χ1) is 12.6. The van der Waals surface area contributed by atoms with Crippen LogP contribution in [0.1, 0.15) is 42.3 Å². The van der Waals surface area contributed by atoms with E-state index in [1.54, 1.807) is 4.90 Å². The highest BCUT2D eigenvalue weighted by molar-refractivity contribution is 7.15. The number of fused-ring (bicyclic) bond motifs is 1. The van der Waals surface area contributed by atoms with Crippen LogP contribution >= 0.6 is 11.3 Å². The monoisotopic (exact) mass is 370 g/mol. The van der Waals surface area contributed by atoms with Crippen molar-refractivity contribution >= 4 is 34.0 Å². The summed E-state index contributed by atoms with van der Waals surface area (Å²) in [5.41, 5.74) is 3.63. The van der Waals surface area contributed by atoms with E-state index in [0.717, 1.165) is 36.4 Å². The van der Waals surface area contributed by atoms with Gasteiger partial charge in [0, 0.05) is 25.1 Å². The third kappa shape index (κ3) is 3.35. The van der Waals surface area contributed by atoms with Crippen LogP contribution in [-0.2, 0) is 28.9 Å². The fourth-order valence-electron chi connectivity index (χ4n) is 3.69. The van der Waals surface area contributed by atoms with Crippen LogP contribution in [0.4, 0.5) is 10.8 Å². The van der Waals surface area contributed by atoms with Crippen molar-refractivity contribution in [1.82, 2.24) is 10.2 Å². The highest BCUT2D eigenvalue weighted by Crippen LogP contribution is 2.31. The summed E-state index contributed by atoms with van der Waals surface area (Å²) in [6.07, 6.45) is 5.48. The van der Waals surface area contributed by atoms with Gasteiger partial charge in [-0.2, -0.15) is 0 Å². The fourth-order valence-corrected chi connectivity index (χ4v) is 4.53. The van der Waals surface area contributed by atoms with E-state index in [0.29, 0.717) is 11.7 Å². The smallest absolute Gasteiger partial charge is 0.231 e. The van der Waals surface area contributed by atoms with E-state index in [1.807, 2.05) is 6.07 Å². The molecule has 7 heteroatoms. The molecule has 1 N–H and O–H groups in total. The lowest BCUT2D eigenvalue weighted by molar-refractivity contribution is -0.122. The summed E-state index contributed by atoms with van der Waals surface area (Å²) >= 11 is 1.40. The first-order valence-corrected chi connectivity index (χ1v) is 10.0. The molecule has 2 amide bonds. The Balaban J connectivity index is 1.42. The van der Waals surface area contributed by atoms with Crippen molar-refractivity contribution in [3.63, 3.8) is 0 Å². The van der Waals surface area contributed by atoms with Gasteiger partial charge in [0.05, 0.1) is 5.92 Å². The number of hydrogen-bond donors (Lipinski definition) is 1. The van der Waals surface area contributed by atoms with E-state index in [9.17, 15) is 9.59 Å². The molecule has 1 aliphatic heterocycles. The van der Waals surface area contributed by atoms with Gasteiger partial charge in [-0.05, 0) is 48.9 Å². The minimum absolute atomic E-state index is 0.00651. The maximum Gasteiger partial charge on any atom is 0.231 e. The lowest BCUT2D eigenvalue weighted by Crippen LogP contribution is -2.28. The average Bonchev–Trinajstić information content (AvgIpc) is 3.34. The number of aromatic nitrogens is 2. The summed E-state index contributed by atoms with van der Waals surface area (Å²) in [6.45, 7) is 2.50. The molecule has 1 aromatic carbocycles. The Morgan fingerprint density at radius 2 is 2.15 bits per heavy atom. The highest BCUT2D eigenvalue weighted by Gasteiger charge is 2.35. The van der Waals surface area contributed by atoms with Crippen LogP contribution in [0.15, 0.2) is 18.2 Å². The van der Waals surface area contributed by atoms with Gasteiger partial charge in [0.15, 0.2) is 0 Å². The van der Waals surface area contributed by atoms with Crippen LogP contribution in [0, 0.1) is 5.92 Å². The number of rotatable bonds is 5. The molecule has 1 aromatic heterocycles. The number of benzene rings is 1. The Labute approximate surface area is 156 Å². The molecule has 1 atom stereocenters. The van der Waals surface area contributed by atoms with Gasteiger partial charge in [0.2, 0.25) is 16.9 Å². The lowest BCUT2D eigenvalue weighted by Gasteiger charge is -2.17. The van der Waals surface area contributed by atoms with Crippen LogP contribution in [-0.4, -0.2) is 28.6 Å². The normalized spacial score (nSPS) is 19.0. The van der Waals surface area contributed by atoms with Crippen molar-refractivity contribution in [3.05, 3.63) is 34.3 Å². The molecule has 0 bridgehead atoms. The summed E-state index contributed by atoms with van der Waals surface area (Å²) in [5.74, 6) is -0.498. The van der Waals surface area contributed by atoms with Crippen LogP contribution in [0.5, 0.6) is 0 Å². The Bertz CT molecular complexity index is 848. The molecule has 0 radical (unpaired) electrons. The second kappa shape index (κ2) is 7.15. The quantitative estimate of drug-likeness (QED) is 0.878. The van der Waals surface area contributed by atoms with Gasteiger partial charge in [-0.15, -0.1) is 10.2 Å². The second-order valence-corrected chi connectivity index (χ2v) is 8.01. The number of nitrogens with one attached hydrogen (secondary N) is 1. The number of carbonyl (C=O) groups excluding carboxylic acids is 2. The molecule has 0 unspecified atom stereocenters. The highest BCUT2D eigenvalue weighted by atomic mass is 32.1. The van der Waals surface area contributed by atoms with Gasteiger partial charge >= 0.3 is 0 Å². The number of aryl methyl sites for hydroxylation is 3. The Kier molecular flexibility index (Phi) is 4.72. The molecule has 0 saturated carbocycles. The van der Waals surface area contributed by atoms with Crippen LogP contribution in [0.2, 0.25) is 0 Å². The average molecular weight is 370 g/mol. The number of anilines is 2. The molecule has 1 saturated heterocycles. The topological polar surface area (TPSA) is 75.2 Å². The molecule has 6 nitrogen and oxygen atoms in total. The summed E-state index contributed by atoms with van der Waals surface area (Å²) in [6, 6.07) is 6.24. The molecule has 1 fully saturated rings. The first kappa shape index (κ1) is 17.1. The van der Waals surface area contributed by atoms with Gasteiger partial charge in [0.1, 0.15) is 5.01 Å². The SMILES string of the molecule is CCCc1nnc(NC(=O)[C@@H]2CC(=O)N(c3ccc4c(c3)CCC4)C2)s1. The zero-order chi connectivity index (χ0) is 18.1. The van der Waals surface area contributed by atoms with Gasteiger partial charge in [0.25, 0.3) is 0 Å². The molecular formula is C19H22N4O2S. The number of hydrogen-bond acceptors (Lipinski definition) is 5. The molecule has 2 aliphatic rings. The third-order valence-corrected chi connectivity index (χ3v) is 5.95. The second-order valence-electron chi connectivity index (χ2n) is 6.95. The lowest BCUT2D eigenvalue weighted by atomic mass is 10.1. The maximum atomic E-state index is 12.5. The van der Waals surface area contributed by atoms with E-state index in [2.05, 4.69) is 34.6 Å². The summed E-state index contributed by atoms with van der Waals surface area (Å²) in [4.78, 5) is 26.7. The molecule has 4 rings (SSSR count). The number of carbonyl (C=O) groups is 2. The molecular weight excluding hydrogens is 348 g/mol. The fraction of sp³-hybridized carbons (Fsp3) is 0.474. The largest absolute Gasteiger partial charge is 0.312 e. The summed E-state index contributed by atoms with van der Waals surface area (Å²) < 4.78 is 0. The first-order valence-electron chi connectivity index (χ1n) is 9.19. The van der Waals surface area contributed by atoms with E-state index in [1.165, 1.54) is 28.9 Å². The van der Waals surface area contributed by atoms with Crippen LogP contribution in [0.3, 0.4) is 0 Å². The summed E-state index contributed by atoms with van der Waals surface area (Å²) in [5, 5.41) is 12.4. The minimum atomic E-state index is -0.353. The van der Waals surface area contributed by atoms with Gasteiger partial charge in [-0.3, -0.25) is 9.59 Å². The molecule has 26 heavy (non-hydrogen) atoms. The van der Waals surface area contributed by atoms with E-state index in [-0.39, 0.29) is 24.2 Å². The van der Waals surface area contributed by atoms with Crippen molar-refractivity contribution in [3.8, 4) is 0 Å². The van der Waals surface area contributed by atoms with E-state index >= 15 is 0 Å². The van der Waals surface area contributed by atoms with Crippen molar-refractivity contribution < 1.29 is 9.59 Å². The predicted molar refractivity (Wildman–Crippen MR) is 101 cm³/mol. The summed E-state index contributed by atoms with van der Waals surface area (Å²) in [7, 11) is 0. The maximum absolute atomic E-state index is 12.5. The van der Waals surface area contributed by atoms with Crippen molar-refractivity contribution in [2.45, 2.75) is 45.4 Å². The van der Waals surface area contributed by atoms with E-state index < -0.39 is 0 Å². The molecule has 2 heterocycles. The Morgan fingerprint density at radius 1 is 1.31 bits per heavy atom.